The van der Waals surface area contributed by atoms with Crippen LogP contribution >= 0.6 is 0 Å². The van der Waals surface area contributed by atoms with Crippen molar-refractivity contribution in [2.24, 2.45) is 0 Å². The number of nitrogens with one attached hydrogen (secondary N) is 1. The fourth-order valence-electron chi connectivity index (χ4n) is 2.49. The molecule has 1 N–H and O–H groups in total. The van der Waals surface area contributed by atoms with E-state index >= 15 is 0 Å². The summed E-state index contributed by atoms with van der Waals surface area (Å²) >= 11 is 0. The average molecular weight is 327 g/mol. The zero-order chi connectivity index (χ0) is 17.6. The fourth-order valence-corrected chi connectivity index (χ4v) is 2.49. The van der Waals surface area contributed by atoms with Crippen molar-refractivity contribution < 1.29 is 9.59 Å². The lowest BCUT2D eigenvalue weighted by atomic mass is 10.1. The molecule has 0 aliphatic rings. The number of hydrogen-bond donors (Lipinski definition) is 1. The molecular weight excluding hydrogens is 310 g/mol. The molecule has 122 valence electrons. The summed E-state index contributed by atoms with van der Waals surface area (Å²) in [6.45, 7) is 1.79. The van der Waals surface area contributed by atoms with E-state index in [0.29, 0.717) is 11.1 Å². The number of benzene rings is 3. The topological polar surface area (TPSA) is 46.2 Å². The van der Waals surface area contributed by atoms with Gasteiger partial charge in [0, 0.05) is 16.7 Å². The summed E-state index contributed by atoms with van der Waals surface area (Å²) in [6, 6.07) is 20.6. The summed E-state index contributed by atoms with van der Waals surface area (Å²) < 4.78 is 0. The lowest BCUT2D eigenvalue weighted by molar-refractivity contribution is 0.0957. The maximum atomic E-state index is 12.2. The zero-order valence-electron chi connectivity index (χ0n) is 13.9. The first kappa shape index (κ1) is 16.5. The number of fused-ring (bicyclic) bond motifs is 1. The van der Waals surface area contributed by atoms with Crippen molar-refractivity contribution in [1.82, 2.24) is 5.32 Å². The molecule has 0 unspecified atom stereocenters. The van der Waals surface area contributed by atoms with Crippen LogP contribution in [-0.4, -0.2) is 18.2 Å². The van der Waals surface area contributed by atoms with E-state index in [-0.39, 0.29) is 18.2 Å². The molecule has 0 spiro atoms. The molecule has 3 aromatic rings. The first-order chi connectivity index (χ1) is 12.1. The van der Waals surface area contributed by atoms with Crippen LogP contribution in [0.4, 0.5) is 0 Å². The normalized spacial score (nSPS) is 9.96. The van der Waals surface area contributed by atoms with Gasteiger partial charge in [-0.3, -0.25) is 9.59 Å². The van der Waals surface area contributed by atoms with E-state index in [4.69, 9.17) is 0 Å². The van der Waals surface area contributed by atoms with E-state index in [1.54, 1.807) is 24.3 Å². The Balaban J connectivity index is 1.61. The van der Waals surface area contributed by atoms with Gasteiger partial charge in [0.1, 0.15) is 0 Å². The van der Waals surface area contributed by atoms with Crippen molar-refractivity contribution in [3.63, 3.8) is 0 Å². The molecule has 0 atom stereocenters. The maximum absolute atomic E-state index is 12.2. The van der Waals surface area contributed by atoms with Crippen molar-refractivity contribution in [2.75, 3.05) is 6.54 Å². The third-order valence-electron chi connectivity index (χ3n) is 3.87. The monoisotopic (exact) mass is 327 g/mol. The molecule has 25 heavy (non-hydrogen) atoms. The fraction of sp³-hybridized carbons (Fsp3) is 0.0909. The van der Waals surface area contributed by atoms with Crippen LogP contribution in [0.1, 0.15) is 33.2 Å². The van der Waals surface area contributed by atoms with Gasteiger partial charge in [0.25, 0.3) is 5.91 Å². The highest BCUT2D eigenvalue weighted by Crippen LogP contribution is 2.15. The van der Waals surface area contributed by atoms with E-state index in [1.807, 2.05) is 42.5 Å². The largest absolute Gasteiger partial charge is 0.341 e. The second-order valence-corrected chi connectivity index (χ2v) is 5.68. The number of Topliss-reactive ketones (excluding diaryl/α,β-unsaturated/α-hetero) is 1. The predicted molar refractivity (Wildman–Crippen MR) is 99.6 cm³/mol. The maximum Gasteiger partial charge on any atom is 0.252 e. The van der Waals surface area contributed by atoms with Crippen molar-refractivity contribution in [3.8, 4) is 11.8 Å². The van der Waals surface area contributed by atoms with Gasteiger partial charge in [0.15, 0.2) is 5.78 Å². The number of rotatable bonds is 3. The van der Waals surface area contributed by atoms with Crippen LogP contribution in [0.2, 0.25) is 0 Å². The lowest BCUT2D eigenvalue weighted by Gasteiger charge is -2.03. The SMILES string of the molecule is CC(=O)c1ccc(C#CCNC(=O)c2ccc3ccccc3c2)cc1. The molecule has 3 heteroatoms. The molecule has 0 aliphatic carbocycles. The number of ketones is 1. The average Bonchev–Trinajstić information content (AvgIpc) is 2.65. The van der Waals surface area contributed by atoms with Crippen molar-refractivity contribution in [3.05, 3.63) is 83.4 Å². The second kappa shape index (κ2) is 7.46. The minimum atomic E-state index is -0.146. The van der Waals surface area contributed by atoms with E-state index < -0.39 is 0 Å². The standard InChI is InChI=1S/C22H17NO2/c1-16(24)18-10-8-17(9-11-18)5-4-14-23-22(25)21-13-12-19-6-2-3-7-20(19)15-21/h2-3,6-13,15H,14H2,1H3,(H,23,25). The molecule has 0 aromatic heterocycles. The van der Waals surface area contributed by atoms with Crippen molar-refractivity contribution >= 4 is 22.5 Å². The molecular formula is C22H17NO2. The molecule has 0 bridgehead atoms. The second-order valence-electron chi connectivity index (χ2n) is 5.68. The van der Waals surface area contributed by atoms with Crippen LogP contribution in [0.25, 0.3) is 10.8 Å². The molecule has 0 fully saturated rings. The van der Waals surface area contributed by atoms with Crippen molar-refractivity contribution in [1.29, 1.82) is 0 Å². The van der Waals surface area contributed by atoms with Crippen LogP contribution in [0, 0.1) is 11.8 Å². The molecule has 0 heterocycles. The van der Waals surface area contributed by atoms with Gasteiger partial charge in [-0.2, -0.15) is 0 Å². The Kier molecular flexibility index (Phi) is 4.92. The summed E-state index contributed by atoms with van der Waals surface area (Å²) in [6.07, 6.45) is 0. The van der Waals surface area contributed by atoms with Gasteiger partial charge in [-0.15, -0.1) is 0 Å². The lowest BCUT2D eigenvalue weighted by Crippen LogP contribution is -2.23. The molecule has 3 aromatic carbocycles. The Morgan fingerprint density at radius 1 is 0.880 bits per heavy atom. The number of amides is 1. The molecule has 1 amide bonds. The number of carbonyl (C=O) groups is 2. The Morgan fingerprint density at radius 2 is 1.56 bits per heavy atom. The van der Waals surface area contributed by atoms with E-state index in [2.05, 4.69) is 17.2 Å². The molecule has 0 saturated heterocycles. The van der Waals surface area contributed by atoms with Crippen LogP contribution in [0.15, 0.2) is 66.7 Å². The first-order valence-corrected chi connectivity index (χ1v) is 8.00. The van der Waals surface area contributed by atoms with E-state index in [9.17, 15) is 9.59 Å². The van der Waals surface area contributed by atoms with Gasteiger partial charge in [-0.25, -0.2) is 0 Å². The molecule has 0 aliphatic heterocycles. The molecule has 3 rings (SSSR count). The quantitative estimate of drug-likeness (QED) is 0.587. The summed E-state index contributed by atoms with van der Waals surface area (Å²) in [5, 5.41) is 4.94. The van der Waals surface area contributed by atoms with Crippen LogP contribution in [-0.2, 0) is 0 Å². The van der Waals surface area contributed by atoms with Crippen molar-refractivity contribution in [2.45, 2.75) is 6.92 Å². The first-order valence-electron chi connectivity index (χ1n) is 8.00. The van der Waals surface area contributed by atoms with Crippen LogP contribution < -0.4 is 5.32 Å². The summed E-state index contributed by atoms with van der Waals surface area (Å²) in [5.74, 6) is 5.78. The zero-order valence-corrected chi connectivity index (χ0v) is 13.9. The highest BCUT2D eigenvalue weighted by Gasteiger charge is 2.04. The Hall–Kier alpha value is -3.38. The predicted octanol–water partition coefficient (Wildman–Crippen LogP) is 3.82. The van der Waals surface area contributed by atoms with Gasteiger partial charge in [-0.1, -0.05) is 54.3 Å². The highest BCUT2D eigenvalue weighted by molar-refractivity contribution is 5.98. The van der Waals surface area contributed by atoms with Gasteiger partial charge in [0.2, 0.25) is 0 Å². The van der Waals surface area contributed by atoms with Crippen LogP contribution in [0.3, 0.4) is 0 Å². The Labute approximate surface area is 146 Å². The van der Waals surface area contributed by atoms with Crippen LogP contribution in [0.5, 0.6) is 0 Å². The molecule has 0 saturated carbocycles. The van der Waals surface area contributed by atoms with E-state index in [1.165, 1.54) is 6.92 Å². The minimum Gasteiger partial charge on any atom is -0.341 e. The number of hydrogen-bond acceptors (Lipinski definition) is 2. The third kappa shape index (κ3) is 4.13. The summed E-state index contributed by atoms with van der Waals surface area (Å²) in [4.78, 5) is 23.4. The van der Waals surface area contributed by atoms with Gasteiger partial charge in [-0.05, 0) is 42.0 Å². The minimum absolute atomic E-state index is 0.0298. The van der Waals surface area contributed by atoms with Gasteiger partial charge in [0.05, 0.1) is 6.54 Å². The van der Waals surface area contributed by atoms with E-state index in [0.717, 1.165) is 16.3 Å². The molecule has 0 radical (unpaired) electrons. The number of carbonyl (C=O) groups excluding carboxylic acids is 2. The Morgan fingerprint density at radius 3 is 2.28 bits per heavy atom. The summed E-state index contributed by atoms with van der Waals surface area (Å²) in [5.41, 5.74) is 2.09. The highest BCUT2D eigenvalue weighted by atomic mass is 16.1. The Bertz CT molecular complexity index is 992. The smallest absolute Gasteiger partial charge is 0.252 e. The molecule has 3 nitrogen and oxygen atoms in total. The third-order valence-corrected chi connectivity index (χ3v) is 3.87. The van der Waals surface area contributed by atoms with Gasteiger partial charge < -0.3 is 5.32 Å². The summed E-state index contributed by atoms with van der Waals surface area (Å²) in [7, 11) is 0. The van der Waals surface area contributed by atoms with Gasteiger partial charge >= 0.3 is 0 Å².